The van der Waals surface area contributed by atoms with Crippen LogP contribution in [0, 0.1) is 0 Å². The molecule has 0 aliphatic heterocycles. The third-order valence-corrected chi connectivity index (χ3v) is 7.41. The van der Waals surface area contributed by atoms with E-state index in [1.165, 1.54) is 0 Å². The molecule has 1 atom stereocenters. The molecule has 3 aromatic carbocycles. The van der Waals surface area contributed by atoms with E-state index in [0.717, 1.165) is 16.7 Å². The van der Waals surface area contributed by atoms with Crippen LogP contribution in [-0.4, -0.2) is 32.8 Å². The number of benzene rings is 3. The van der Waals surface area contributed by atoms with E-state index in [2.05, 4.69) is 51.7 Å². The van der Waals surface area contributed by atoms with Gasteiger partial charge < -0.3 is 14.8 Å². The van der Waals surface area contributed by atoms with Crippen LogP contribution in [0.1, 0.15) is 16.7 Å². The quantitative estimate of drug-likeness (QED) is 0.257. The Kier molecular flexibility index (Phi) is 6.50. The number of anilines is 1. The number of carbonyl (C=O) groups is 1. The van der Waals surface area contributed by atoms with Crippen LogP contribution in [0.25, 0.3) is 11.2 Å². The summed E-state index contributed by atoms with van der Waals surface area (Å²) in [6, 6.07) is 33.2. The van der Waals surface area contributed by atoms with E-state index in [-0.39, 0.29) is 11.8 Å². The number of aromatic nitrogens is 2. The first-order valence-electron chi connectivity index (χ1n) is 11.2. The number of hydrogen-bond acceptors (Lipinski definition) is 6. The molecule has 174 valence electrons. The Morgan fingerprint density at radius 2 is 1.40 bits per heavy atom. The molecular weight excluding hydrogens is 458 g/mol. The normalized spacial score (nSPS) is 12.3. The molecule has 6 nitrogen and oxygen atoms in total. The Morgan fingerprint density at radius 1 is 0.857 bits per heavy atom. The highest BCUT2D eigenvalue weighted by molar-refractivity contribution is 8.00. The number of hydrogen-bond donors (Lipinski definition) is 2. The molecular formula is C28H23N3O3S. The van der Waals surface area contributed by atoms with Crippen molar-refractivity contribution in [3.63, 3.8) is 0 Å². The standard InChI is InChI=1S/C28H23N3O3S/c32-26(33)23(30-27-31-25-24(34-27)17-10-18-29-25)19-35-28(20-11-4-1-5-12-20,21-13-6-2-7-14-21)22-15-8-3-9-16-22/h1-18,23H,19H2,(H,32,33)(H,29,30,31)/t23-/m1/s1. The van der Waals surface area contributed by atoms with E-state index in [4.69, 9.17) is 4.42 Å². The number of oxazole rings is 1. The van der Waals surface area contributed by atoms with Crippen LogP contribution >= 0.6 is 11.8 Å². The summed E-state index contributed by atoms with van der Waals surface area (Å²) in [4.78, 5) is 20.7. The molecule has 0 bridgehead atoms. The summed E-state index contributed by atoms with van der Waals surface area (Å²) < 4.78 is 5.05. The Morgan fingerprint density at radius 3 is 1.89 bits per heavy atom. The highest BCUT2D eigenvalue weighted by Crippen LogP contribution is 2.48. The highest BCUT2D eigenvalue weighted by atomic mass is 32.2. The van der Waals surface area contributed by atoms with E-state index in [0.29, 0.717) is 11.2 Å². The SMILES string of the molecule is O=C(O)[C@@H](CSC(c1ccccc1)(c1ccccc1)c1ccccc1)Nc1nc2ncccc2o1. The molecule has 2 heterocycles. The molecule has 0 radical (unpaired) electrons. The van der Waals surface area contributed by atoms with Crippen LogP contribution in [0.3, 0.4) is 0 Å². The smallest absolute Gasteiger partial charge is 0.327 e. The molecule has 0 aliphatic carbocycles. The average molecular weight is 482 g/mol. The van der Waals surface area contributed by atoms with Gasteiger partial charge in [0.1, 0.15) is 6.04 Å². The molecule has 2 aromatic heterocycles. The second kappa shape index (κ2) is 10.0. The second-order valence-electron chi connectivity index (χ2n) is 7.97. The number of carboxylic acid groups (broad SMARTS) is 1. The summed E-state index contributed by atoms with van der Waals surface area (Å²) in [5, 5.41) is 13.0. The molecule has 7 heteroatoms. The number of nitrogens with zero attached hydrogens (tertiary/aromatic N) is 2. The number of thioether (sulfide) groups is 1. The molecule has 35 heavy (non-hydrogen) atoms. The zero-order chi connectivity index (χ0) is 24.1. The summed E-state index contributed by atoms with van der Waals surface area (Å²) in [6.07, 6.45) is 1.62. The maximum atomic E-state index is 12.3. The summed E-state index contributed by atoms with van der Waals surface area (Å²) in [5.41, 5.74) is 4.13. The number of nitrogens with one attached hydrogen (secondary N) is 1. The van der Waals surface area contributed by atoms with Gasteiger partial charge in [0.2, 0.25) is 5.65 Å². The summed E-state index contributed by atoms with van der Waals surface area (Å²) >= 11 is 1.56. The topological polar surface area (TPSA) is 88.2 Å². The van der Waals surface area contributed by atoms with Gasteiger partial charge in [-0.3, -0.25) is 0 Å². The van der Waals surface area contributed by atoms with E-state index in [1.54, 1.807) is 30.1 Å². The minimum absolute atomic E-state index is 0.136. The van der Waals surface area contributed by atoms with Gasteiger partial charge in [0, 0.05) is 11.9 Å². The van der Waals surface area contributed by atoms with Gasteiger partial charge in [-0.2, -0.15) is 4.98 Å². The number of fused-ring (bicyclic) bond motifs is 1. The van der Waals surface area contributed by atoms with Gasteiger partial charge in [0.05, 0.1) is 4.75 Å². The Balaban J connectivity index is 1.54. The van der Waals surface area contributed by atoms with Crippen molar-refractivity contribution >= 4 is 35.0 Å². The van der Waals surface area contributed by atoms with Crippen LogP contribution < -0.4 is 5.32 Å². The van der Waals surface area contributed by atoms with Crippen LogP contribution in [-0.2, 0) is 9.54 Å². The molecule has 0 fully saturated rings. The van der Waals surface area contributed by atoms with Gasteiger partial charge in [-0.1, -0.05) is 91.0 Å². The molecule has 5 aromatic rings. The summed E-state index contributed by atoms with van der Waals surface area (Å²) in [7, 11) is 0. The van der Waals surface area contributed by atoms with Gasteiger partial charge in [-0.15, -0.1) is 11.8 Å². The first-order chi connectivity index (χ1) is 17.2. The van der Waals surface area contributed by atoms with Gasteiger partial charge in [0.15, 0.2) is 5.58 Å². The fraction of sp³-hybridized carbons (Fsp3) is 0.107. The van der Waals surface area contributed by atoms with Crippen LogP contribution in [0.5, 0.6) is 0 Å². The lowest BCUT2D eigenvalue weighted by atomic mass is 9.84. The molecule has 0 saturated heterocycles. The van der Waals surface area contributed by atoms with Gasteiger partial charge in [0.25, 0.3) is 6.01 Å². The van der Waals surface area contributed by atoms with Gasteiger partial charge in [-0.05, 0) is 28.8 Å². The minimum Gasteiger partial charge on any atom is -0.480 e. The van der Waals surface area contributed by atoms with Crippen LogP contribution in [0.15, 0.2) is 114 Å². The lowest BCUT2D eigenvalue weighted by Crippen LogP contribution is -2.35. The van der Waals surface area contributed by atoms with Crippen molar-refractivity contribution in [1.29, 1.82) is 0 Å². The molecule has 0 amide bonds. The lowest BCUT2D eigenvalue weighted by Gasteiger charge is -2.36. The highest BCUT2D eigenvalue weighted by Gasteiger charge is 2.38. The number of aliphatic carboxylic acids is 1. The van der Waals surface area contributed by atoms with Crippen molar-refractivity contribution in [3.8, 4) is 0 Å². The van der Waals surface area contributed by atoms with Gasteiger partial charge >= 0.3 is 5.97 Å². The van der Waals surface area contributed by atoms with Crippen molar-refractivity contribution in [2.24, 2.45) is 0 Å². The van der Waals surface area contributed by atoms with Crippen molar-refractivity contribution < 1.29 is 14.3 Å². The Labute approximate surface area is 207 Å². The fourth-order valence-electron chi connectivity index (χ4n) is 4.13. The fourth-order valence-corrected chi connectivity index (χ4v) is 5.68. The first-order valence-corrected chi connectivity index (χ1v) is 12.2. The summed E-state index contributed by atoms with van der Waals surface area (Å²) in [6.45, 7) is 0. The zero-order valence-corrected chi connectivity index (χ0v) is 19.6. The average Bonchev–Trinajstić information content (AvgIpc) is 3.33. The van der Waals surface area contributed by atoms with Crippen molar-refractivity contribution in [2.45, 2.75) is 10.8 Å². The molecule has 5 rings (SSSR count). The molecule has 0 aliphatic rings. The monoisotopic (exact) mass is 481 g/mol. The van der Waals surface area contributed by atoms with Crippen LogP contribution in [0.4, 0.5) is 6.01 Å². The number of rotatable bonds is 9. The predicted octanol–water partition coefficient (Wildman–Crippen LogP) is 5.81. The maximum Gasteiger partial charge on any atom is 0.327 e. The molecule has 0 spiro atoms. The van der Waals surface area contributed by atoms with Crippen molar-refractivity contribution in [1.82, 2.24) is 9.97 Å². The predicted molar refractivity (Wildman–Crippen MR) is 139 cm³/mol. The third kappa shape index (κ3) is 4.63. The molecule has 0 saturated carbocycles. The first kappa shape index (κ1) is 22.7. The van der Waals surface area contributed by atoms with E-state index >= 15 is 0 Å². The lowest BCUT2D eigenvalue weighted by molar-refractivity contribution is -0.137. The van der Waals surface area contributed by atoms with E-state index in [1.807, 2.05) is 54.6 Å². The molecule has 0 unspecified atom stereocenters. The zero-order valence-electron chi connectivity index (χ0n) is 18.7. The maximum absolute atomic E-state index is 12.3. The number of pyridine rings is 1. The largest absolute Gasteiger partial charge is 0.480 e. The third-order valence-electron chi connectivity index (χ3n) is 5.77. The van der Waals surface area contributed by atoms with Crippen LogP contribution in [0.2, 0.25) is 0 Å². The van der Waals surface area contributed by atoms with Crippen molar-refractivity contribution in [2.75, 3.05) is 11.1 Å². The van der Waals surface area contributed by atoms with Gasteiger partial charge in [-0.25, -0.2) is 9.78 Å². The van der Waals surface area contributed by atoms with Crippen molar-refractivity contribution in [3.05, 3.63) is 126 Å². The summed E-state index contributed by atoms with van der Waals surface area (Å²) in [5.74, 6) is -0.740. The second-order valence-corrected chi connectivity index (χ2v) is 9.20. The molecule has 2 N–H and O–H groups in total. The number of carboxylic acids is 1. The Bertz CT molecular complexity index is 1280. The van der Waals surface area contributed by atoms with E-state index < -0.39 is 16.8 Å². The minimum atomic E-state index is -0.990. The Hall–Kier alpha value is -4.10. The van der Waals surface area contributed by atoms with E-state index in [9.17, 15) is 9.90 Å².